The van der Waals surface area contributed by atoms with Crippen LogP contribution < -0.4 is 25.4 Å². The van der Waals surface area contributed by atoms with Crippen molar-refractivity contribution in [1.82, 2.24) is 48.9 Å². The summed E-state index contributed by atoms with van der Waals surface area (Å²) in [5, 5.41) is 17.9. The van der Waals surface area contributed by atoms with Gasteiger partial charge in [-0.2, -0.15) is 10.2 Å². The summed E-state index contributed by atoms with van der Waals surface area (Å²) in [7, 11) is 0. The fourth-order valence-electron chi connectivity index (χ4n) is 7.75. The van der Waals surface area contributed by atoms with E-state index >= 15 is 0 Å². The van der Waals surface area contributed by atoms with Gasteiger partial charge in [0.1, 0.15) is 40.2 Å². The van der Waals surface area contributed by atoms with Crippen LogP contribution in [0.2, 0.25) is 0 Å². The van der Waals surface area contributed by atoms with Gasteiger partial charge in [0.2, 0.25) is 11.9 Å². The standard InChI is InChI=1S/C43H50N12O7/c1-5-54-33(20-27(3)49-54)40(58)47-42-45-31-22-29(26-56)23-35-37(31)52(42)11-7-8-12-53-38-32(46-43(53)48-41(59)34-21-28(4)50-55(34)6-2)24-30(25-36(38)62-17-9-16-61-35)39(57)44-10-13-51-14-18-60-19-15-51/h7-8,20-26H,5-6,9-19H2,1-4H3,(H,44,57)(H,45,47,58)(H,46,48,59)/b8-7+. The molecular weight excluding hydrogens is 797 g/mol. The molecule has 0 radical (unpaired) electrons. The second-order valence-corrected chi connectivity index (χ2v) is 15.1. The van der Waals surface area contributed by atoms with Gasteiger partial charge in [-0.25, -0.2) is 9.97 Å². The van der Waals surface area contributed by atoms with Crippen molar-refractivity contribution in [2.45, 2.75) is 60.3 Å². The van der Waals surface area contributed by atoms with Gasteiger partial charge in [0.05, 0.1) is 48.8 Å². The molecule has 19 nitrogen and oxygen atoms in total. The lowest BCUT2D eigenvalue weighted by atomic mass is 10.1. The van der Waals surface area contributed by atoms with Crippen LogP contribution in [0.3, 0.4) is 0 Å². The third-order valence-corrected chi connectivity index (χ3v) is 10.7. The van der Waals surface area contributed by atoms with E-state index in [2.05, 4.69) is 31.0 Å². The monoisotopic (exact) mass is 846 g/mol. The maximum atomic E-state index is 13.9. The molecule has 6 heterocycles. The minimum atomic E-state index is -0.397. The molecule has 2 aromatic carbocycles. The van der Waals surface area contributed by atoms with Crippen LogP contribution in [0.1, 0.15) is 73.3 Å². The van der Waals surface area contributed by atoms with Crippen LogP contribution >= 0.6 is 0 Å². The molecule has 0 saturated carbocycles. The molecule has 0 spiro atoms. The Bertz CT molecular complexity index is 2680. The number of carbonyl (C=O) groups excluding carboxylic acids is 4. The Morgan fingerprint density at radius 2 is 1.26 bits per heavy atom. The number of amides is 3. The molecule has 2 aliphatic heterocycles. The normalized spacial score (nSPS) is 15.3. The molecule has 1 fully saturated rings. The fourth-order valence-corrected chi connectivity index (χ4v) is 7.75. The summed E-state index contributed by atoms with van der Waals surface area (Å²) in [6, 6.07) is 10.1. The van der Waals surface area contributed by atoms with E-state index in [0.29, 0.717) is 113 Å². The molecule has 19 heteroatoms. The first-order valence-corrected chi connectivity index (χ1v) is 20.9. The number of allylic oxidation sites excluding steroid dienone is 2. The van der Waals surface area contributed by atoms with Gasteiger partial charge in [-0.3, -0.25) is 44.1 Å². The van der Waals surface area contributed by atoms with E-state index in [9.17, 15) is 19.2 Å². The summed E-state index contributed by atoms with van der Waals surface area (Å²) in [4.78, 5) is 65.2. The van der Waals surface area contributed by atoms with E-state index in [0.717, 1.165) is 19.4 Å². The number of morpholine rings is 1. The predicted molar refractivity (Wildman–Crippen MR) is 230 cm³/mol. The van der Waals surface area contributed by atoms with Crippen molar-refractivity contribution in [2.24, 2.45) is 0 Å². The maximum absolute atomic E-state index is 13.9. The first-order valence-electron chi connectivity index (χ1n) is 20.9. The Labute approximate surface area is 357 Å². The molecule has 0 bridgehead atoms. The quantitative estimate of drug-likeness (QED) is 0.124. The lowest BCUT2D eigenvalue weighted by molar-refractivity contribution is 0.0383. The Hall–Kier alpha value is -6.86. The Balaban J connectivity index is 1.16. The van der Waals surface area contributed by atoms with Crippen LogP contribution in [0.4, 0.5) is 11.9 Å². The molecule has 1 saturated heterocycles. The minimum absolute atomic E-state index is 0.191. The molecule has 4 aromatic heterocycles. The van der Waals surface area contributed by atoms with Crippen LogP contribution in [-0.2, 0) is 30.9 Å². The second kappa shape index (κ2) is 18.4. The van der Waals surface area contributed by atoms with Crippen LogP contribution in [0, 0.1) is 13.8 Å². The Morgan fingerprint density at radius 1 is 0.710 bits per heavy atom. The number of aldehydes is 1. The van der Waals surface area contributed by atoms with Crippen molar-refractivity contribution in [1.29, 1.82) is 0 Å². The largest absolute Gasteiger partial charge is 0.491 e. The van der Waals surface area contributed by atoms with Crippen molar-refractivity contribution in [3.8, 4) is 11.5 Å². The number of ether oxygens (including phenoxy) is 3. The SMILES string of the molecule is CCn1nc(C)cc1C(=O)Nc1nc2cc(C=O)cc3c2n1C/C=C/Cn1c(NC(=O)c2cc(C)nn2CC)nc2cc(C(=O)NCCN4CCOCC4)cc(c21)OCCCO3. The van der Waals surface area contributed by atoms with Gasteiger partial charge >= 0.3 is 0 Å². The average Bonchev–Trinajstić information content (AvgIpc) is 4.04. The zero-order valence-corrected chi connectivity index (χ0v) is 35.3. The molecule has 0 aliphatic carbocycles. The predicted octanol–water partition coefficient (Wildman–Crippen LogP) is 4.23. The van der Waals surface area contributed by atoms with Gasteiger partial charge in [0, 0.05) is 69.9 Å². The third kappa shape index (κ3) is 8.80. The highest BCUT2D eigenvalue weighted by Crippen LogP contribution is 2.34. The number of hydrogen-bond donors (Lipinski definition) is 3. The molecule has 3 amide bonds. The van der Waals surface area contributed by atoms with E-state index < -0.39 is 11.8 Å². The summed E-state index contributed by atoms with van der Waals surface area (Å²) in [6.45, 7) is 13.4. The van der Waals surface area contributed by atoms with Crippen molar-refractivity contribution >= 4 is 58.0 Å². The van der Waals surface area contributed by atoms with Gasteiger partial charge in [-0.15, -0.1) is 0 Å². The third-order valence-electron chi connectivity index (χ3n) is 10.7. The number of nitrogens with zero attached hydrogens (tertiary/aromatic N) is 9. The van der Waals surface area contributed by atoms with Gasteiger partial charge in [-0.1, -0.05) is 12.2 Å². The Kier molecular flexibility index (Phi) is 12.4. The van der Waals surface area contributed by atoms with Crippen molar-refractivity contribution < 1.29 is 33.4 Å². The first kappa shape index (κ1) is 41.9. The number of aromatic nitrogens is 8. The highest BCUT2D eigenvalue weighted by atomic mass is 16.5. The van der Waals surface area contributed by atoms with E-state index in [-0.39, 0.29) is 44.1 Å². The second-order valence-electron chi connectivity index (χ2n) is 15.1. The zero-order chi connectivity index (χ0) is 43.3. The summed E-state index contributed by atoms with van der Waals surface area (Å²) >= 11 is 0. The van der Waals surface area contributed by atoms with Crippen molar-refractivity contribution in [3.63, 3.8) is 0 Å². The smallest absolute Gasteiger partial charge is 0.276 e. The van der Waals surface area contributed by atoms with Gasteiger partial charge in [0.25, 0.3) is 17.7 Å². The molecule has 324 valence electrons. The summed E-state index contributed by atoms with van der Waals surface area (Å²) in [5.74, 6) is 0.232. The van der Waals surface area contributed by atoms with Crippen LogP contribution in [-0.4, -0.2) is 120 Å². The van der Waals surface area contributed by atoms with E-state index in [1.54, 1.807) is 45.8 Å². The molecule has 0 atom stereocenters. The zero-order valence-electron chi connectivity index (χ0n) is 35.3. The fraction of sp³-hybridized carbons (Fsp3) is 0.395. The van der Waals surface area contributed by atoms with Crippen molar-refractivity contribution in [3.05, 3.63) is 82.5 Å². The number of aryl methyl sites for hydroxylation is 4. The highest BCUT2D eigenvalue weighted by Gasteiger charge is 2.24. The number of nitrogens with one attached hydrogen (secondary N) is 3. The van der Waals surface area contributed by atoms with Gasteiger partial charge in [-0.05, 0) is 64.1 Å². The number of rotatable bonds is 11. The molecule has 62 heavy (non-hydrogen) atoms. The van der Waals surface area contributed by atoms with E-state index in [1.807, 2.05) is 49.0 Å². The number of benzene rings is 2. The first-order chi connectivity index (χ1) is 30.1. The molecule has 3 N–H and O–H groups in total. The molecular formula is C43H50N12O7. The van der Waals surface area contributed by atoms with Gasteiger partial charge < -0.3 is 28.7 Å². The summed E-state index contributed by atoms with van der Waals surface area (Å²) in [6.07, 6.45) is 4.95. The topological polar surface area (TPSA) is 207 Å². The van der Waals surface area contributed by atoms with Crippen LogP contribution in [0.5, 0.6) is 11.5 Å². The molecule has 6 aromatic rings. The highest BCUT2D eigenvalue weighted by molar-refractivity contribution is 6.05. The lowest BCUT2D eigenvalue weighted by Gasteiger charge is -2.26. The lowest BCUT2D eigenvalue weighted by Crippen LogP contribution is -2.41. The Morgan fingerprint density at radius 3 is 1.81 bits per heavy atom. The number of hydrogen-bond acceptors (Lipinski definition) is 12. The summed E-state index contributed by atoms with van der Waals surface area (Å²) < 4.78 is 25.1. The van der Waals surface area contributed by atoms with E-state index in [1.165, 1.54) is 0 Å². The van der Waals surface area contributed by atoms with Gasteiger partial charge in [0.15, 0.2) is 0 Å². The molecule has 8 rings (SSSR count). The van der Waals surface area contributed by atoms with E-state index in [4.69, 9.17) is 24.2 Å². The molecule has 0 unspecified atom stereocenters. The van der Waals surface area contributed by atoms with Crippen LogP contribution in [0.15, 0.2) is 48.6 Å². The van der Waals surface area contributed by atoms with Crippen LogP contribution in [0.25, 0.3) is 22.1 Å². The summed E-state index contributed by atoms with van der Waals surface area (Å²) in [5.41, 5.74) is 4.94. The molecule has 2 aliphatic rings. The average molecular weight is 847 g/mol. The maximum Gasteiger partial charge on any atom is 0.276 e. The minimum Gasteiger partial charge on any atom is -0.491 e. The number of carbonyl (C=O) groups is 4. The number of imidazole rings is 2. The van der Waals surface area contributed by atoms with Crippen molar-refractivity contribution in [2.75, 3.05) is 63.2 Å². The number of anilines is 2.